The molecule has 0 heterocycles. The second-order valence-electron chi connectivity index (χ2n) is 3.78. The number of nitrogens with one attached hydrogen (secondary N) is 1. The number of carbonyl (C=O) groups is 2. The quantitative estimate of drug-likeness (QED) is 0.565. The molecule has 0 aliphatic rings. The van der Waals surface area contributed by atoms with E-state index in [0.29, 0.717) is 0 Å². The lowest BCUT2D eigenvalue weighted by Gasteiger charge is -2.13. The first-order chi connectivity index (χ1) is 8.90. The first-order valence-corrected chi connectivity index (χ1v) is 7.84. The Morgan fingerprint density at radius 3 is 2.16 bits per heavy atom. The van der Waals surface area contributed by atoms with Crippen LogP contribution in [-0.4, -0.2) is 42.7 Å². The summed E-state index contributed by atoms with van der Waals surface area (Å²) < 4.78 is 0. The standard InChI is InChI=1S/C11H13NO4.CH6OSi/c1-7(13)12-10(11(15)16)6-8-2-4-9(14)5-3-8;1-3-2/h2-5,10,14H,6H2,1H3,(H,12,13)(H,15,16);2H,3H2,1H3/t10-;/m0./s1. The predicted molar refractivity (Wildman–Crippen MR) is 73.7 cm³/mol. The number of aromatic hydroxyl groups is 1. The van der Waals surface area contributed by atoms with E-state index in [-0.39, 0.29) is 18.1 Å². The van der Waals surface area contributed by atoms with Crippen LogP contribution in [0, 0.1) is 0 Å². The van der Waals surface area contributed by atoms with Crippen molar-refractivity contribution in [3.63, 3.8) is 0 Å². The van der Waals surface area contributed by atoms with Crippen molar-refractivity contribution in [2.75, 3.05) is 0 Å². The third-order valence-electron chi connectivity index (χ3n) is 2.05. The van der Waals surface area contributed by atoms with E-state index in [4.69, 9.17) is 15.0 Å². The Balaban J connectivity index is 0.000000982. The number of benzene rings is 1. The number of rotatable bonds is 4. The van der Waals surface area contributed by atoms with Gasteiger partial charge in [-0.2, -0.15) is 0 Å². The highest BCUT2D eigenvalue weighted by molar-refractivity contribution is 6.22. The molecule has 0 aliphatic heterocycles. The van der Waals surface area contributed by atoms with Crippen LogP contribution in [0.15, 0.2) is 24.3 Å². The van der Waals surface area contributed by atoms with Crippen molar-refractivity contribution >= 4 is 21.6 Å². The van der Waals surface area contributed by atoms with Gasteiger partial charge in [0.05, 0.1) is 0 Å². The van der Waals surface area contributed by atoms with E-state index in [1.54, 1.807) is 12.1 Å². The van der Waals surface area contributed by atoms with Crippen molar-refractivity contribution in [3.05, 3.63) is 29.8 Å². The summed E-state index contributed by atoms with van der Waals surface area (Å²) in [6.07, 6.45) is 0.190. The molecular formula is C12H19NO5Si. The van der Waals surface area contributed by atoms with Crippen molar-refractivity contribution in [2.24, 2.45) is 0 Å². The summed E-state index contributed by atoms with van der Waals surface area (Å²) in [5.41, 5.74) is 0.735. The fourth-order valence-electron chi connectivity index (χ4n) is 1.31. The lowest BCUT2D eigenvalue weighted by Crippen LogP contribution is -2.41. The zero-order valence-corrected chi connectivity index (χ0v) is 12.4. The maximum Gasteiger partial charge on any atom is 0.326 e. The van der Waals surface area contributed by atoms with Crippen LogP contribution in [0.3, 0.4) is 0 Å². The van der Waals surface area contributed by atoms with Crippen LogP contribution in [0.2, 0.25) is 6.55 Å². The summed E-state index contributed by atoms with van der Waals surface area (Å²) in [5.74, 6) is -1.34. The largest absolute Gasteiger partial charge is 0.508 e. The van der Waals surface area contributed by atoms with E-state index in [1.807, 2.05) is 6.55 Å². The number of carboxylic acids is 1. The molecule has 0 unspecified atom stereocenters. The van der Waals surface area contributed by atoms with E-state index in [2.05, 4.69) is 5.32 Å². The molecule has 0 aromatic heterocycles. The summed E-state index contributed by atoms with van der Waals surface area (Å²) >= 11 is 0. The SMILES string of the molecule is CC(=O)N[C@@H](Cc1ccc(O)cc1)C(=O)O.C[SiH2]O. The van der Waals surface area contributed by atoms with E-state index in [1.165, 1.54) is 19.1 Å². The molecule has 4 N–H and O–H groups in total. The fourth-order valence-corrected chi connectivity index (χ4v) is 1.31. The average molecular weight is 285 g/mol. The molecule has 0 saturated heterocycles. The molecule has 0 radical (unpaired) electrons. The third kappa shape index (κ3) is 7.95. The van der Waals surface area contributed by atoms with Gasteiger partial charge in [0.1, 0.15) is 11.8 Å². The van der Waals surface area contributed by atoms with E-state index < -0.39 is 21.8 Å². The van der Waals surface area contributed by atoms with Gasteiger partial charge in [0.2, 0.25) is 5.91 Å². The lowest BCUT2D eigenvalue weighted by molar-refractivity contribution is -0.141. The van der Waals surface area contributed by atoms with Crippen LogP contribution in [0.4, 0.5) is 0 Å². The Bertz CT molecular complexity index is 407. The monoisotopic (exact) mass is 285 g/mol. The average Bonchev–Trinajstić information content (AvgIpc) is 2.31. The molecule has 1 aromatic carbocycles. The second-order valence-corrected chi connectivity index (χ2v) is 4.41. The van der Waals surface area contributed by atoms with Crippen LogP contribution in [0.1, 0.15) is 12.5 Å². The highest BCUT2D eigenvalue weighted by Crippen LogP contribution is 2.11. The van der Waals surface area contributed by atoms with Gasteiger partial charge >= 0.3 is 5.97 Å². The van der Waals surface area contributed by atoms with Gasteiger partial charge in [-0.05, 0) is 17.7 Å². The van der Waals surface area contributed by atoms with Crippen molar-refractivity contribution in [1.82, 2.24) is 5.32 Å². The van der Waals surface area contributed by atoms with Gasteiger partial charge in [-0.25, -0.2) is 4.79 Å². The second kappa shape index (κ2) is 9.12. The Morgan fingerprint density at radius 1 is 1.32 bits per heavy atom. The minimum absolute atomic E-state index is 0.121. The summed E-state index contributed by atoms with van der Waals surface area (Å²) in [6, 6.07) is 5.24. The zero-order valence-electron chi connectivity index (χ0n) is 11.0. The Morgan fingerprint density at radius 2 is 1.79 bits per heavy atom. The maximum absolute atomic E-state index is 10.8. The van der Waals surface area contributed by atoms with Gasteiger partial charge in [-0.1, -0.05) is 18.7 Å². The van der Waals surface area contributed by atoms with Crippen LogP contribution >= 0.6 is 0 Å². The fraction of sp³-hybridized carbons (Fsp3) is 0.333. The van der Waals surface area contributed by atoms with E-state index >= 15 is 0 Å². The number of hydrogen-bond acceptors (Lipinski definition) is 4. The number of amides is 1. The topological polar surface area (TPSA) is 107 Å². The molecule has 0 aliphatic carbocycles. The summed E-state index contributed by atoms with van der Waals surface area (Å²) in [6.45, 7) is 3.09. The number of phenols is 1. The zero-order chi connectivity index (χ0) is 14.8. The molecule has 1 amide bonds. The molecule has 19 heavy (non-hydrogen) atoms. The minimum Gasteiger partial charge on any atom is -0.508 e. The molecule has 0 spiro atoms. The molecule has 0 bridgehead atoms. The highest BCUT2D eigenvalue weighted by atomic mass is 28.2. The summed E-state index contributed by atoms with van der Waals surface area (Å²) in [4.78, 5) is 29.3. The molecule has 0 fully saturated rings. The number of carboxylic acid groups (broad SMARTS) is 1. The maximum atomic E-state index is 10.8. The predicted octanol–water partition coefficient (Wildman–Crippen LogP) is -0.365. The van der Waals surface area contributed by atoms with Gasteiger partial charge in [0.25, 0.3) is 0 Å². The van der Waals surface area contributed by atoms with Gasteiger partial charge in [0.15, 0.2) is 9.76 Å². The number of phenolic OH excluding ortho intramolecular Hbond substituents is 1. The molecule has 1 atom stereocenters. The Labute approximate surface area is 114 Å². The third-order valence-corrected chi connectivity index (χ3v) is 2.05. The van der Waals surface area contributed by atoms with Crippen molar-refractivity contribution in [3.8, 4) is 5.75 Å². The summed E-state index contributed by atoms with van der Waals surface area (Å²) in [5, 5.41) is 20.3. The molecule has 106 valence electrons. The van der Waals surface area contributed by atoms with Gasteiger partial charge in [0, 0.05) is 13.3 Å². The molecule has 1 aromatic rings. The van der Waals surface area contributed by atoms with Crippen LogP contribution in [0.5, 0.6) is 5.75 Å². The van der Waals surface area contributed by atoms with Crippen LogP contribution in [-0.2, 0) is 16.0 Å². The smallest absolute Gasteiger partial charge is 0.326 e. The number of aliphatic carboxylic acids is 1. The van der Waals surface area contributed by atoms with Crippen molar-refractivity contribution < 1.29 is 24.6 Å². The van der Waals surface area contributed by atoms with E-state index in [0.717, 1.165) is 5.56 Å². The van der Waals surface area contributed by atoms with E-state index in [9.17, 15) is 9.59 Å². The molecule has 7 heteroatoms. The van der Waals surface area contributed by atoms with Gasteiger partial charge in [-0.15, -0.1) is 0 Å². The van der Waals surface area contributed by atoms with Gasteiger partial charge in [-0.3, -0.25) is 4.79 Å². The molecule has 6 nitrogen and oxygen atoms in total. The molecule has 0 saturated carbocycles. The minimum atomic E-state index is -1.08. The normalized spacial score (nSPS) is 11.5. The Hall–Kier alpha value is -1.86. The first-order valence-electron chi connectivity index (χ1n) is 5.79. The highest BCUT2D eigenvalue weighted by Gasteiger charge is 2.18. The van der Waals surface area contributed by atoms with Gasteiger partial charge < -0.3 is 20.3 Å². The molecule has 1 rings (SSSR count). The van der Waals surface area contributed by atoms with Crippen molar-refractivity contribution in [2.45, 2.75) is 25.9 Å². The van der Waals surface area contributed by atoms with Crippen molar-refractivity contribution in [1.29, 1.82) is 0 Å². The Kier molecular flexibility index (Phi) is 8.22. The van der Waals surface area contributed by atoms with Crippen LogP contribution < -0.4 is 5.32 Å². The molecular weight excluding hydrogens is 266 g/mol. The van der Waals surface area contributed by atoms with Crippen LogP contribution in [0.25, 0.3) is 0 Å². The first kappa shape index (κ1) is 17.1. The summed E-state index contributed by atoms with van der Waals surface area (Å²) in [7, 11) is -0.583. The number of hydrogen-bond donors (Lipinski definition) is 4. The number of carbonyl (C=O) groups excluding carboxylic acids is 1. The lowest BCUT2D eigenvalue weighted by atomic mass is 10.1.